The Labute approximate surface area is 172 Å². The Morgan fingerprint density at radius 1 is 1.19 bits per heavy atom. The first-order valence-electron chi connectivity index (χ1n) is 8.35. The first-order chi connectivity index (χ1) is 12.2. The van der Waals surface area contributed by atoms with Gasteiger partial charge in [0.05, 0.1) is 13.7 Å². The lowest BCUT2D eigenvalue weighted by molar-refractivity contribution is 0.223. The van der Waals surface area contributed by atoms with E-state index >= 15 is 0 Å². The molecule has 0 aliphatic carbocycles. The number of guanidine groups is 1. The van der Waals surface area contributed by atoms with Crippen LogP contribution in [0.1, 0.15) is 12.5 Å². The average Bonchev–Trinajstić information content (AvgIpc) is 2.65. The van der Waals surface area contributed by atoms with Gasteiger partial charge in [-0.05, 0) is 37.1 Å². The summed E-state index contributed by atoms with van der Waals surface area (Å²) in [5.41, 5.74) is 1.19. The fourth-order valence-corrected chi connectivity index (χ4v) is 2.28. The van der Waals surface area contributed by atoms with Gasteiger partial charge in [-0.3, -0.25) is 9.98 Å². The van der Waals surface area contributed by atoms with Crippen molar-refractivity contribution >= 4 is 29.9 Å². The summed E-state index contributed by atoms with van der Waals surface area (Å²) < 4.78 is 11.1. The van der Waals surface area contributed by atoms with E-state index < -0.39 is 0 Å². The van der Waals surface area contributed by atoms with Crippen molar-refractivity contribution in [3.05, 3.63) is 54.4 Å². The molecule has 0 radical (unpaired) electrons. The van der Waals surface area contributed by atoms with E-state index in [0.717, 1.165) is 30.4 Å². The summed E-state index contributed by atoms with van der Waals surface area (Å²) in [7, 11) is 3.40. The predicted octanol–water partition coefficient (Wildman–Crippen LogP) is 2.88. The number of hydrogen-bond acceptors (Lipinski definition) is 4. The molecule has 2 aromatic rings. The Bertz CT molecular complexity index is 668. The number of aromatic nitrogens is 1. The van der Waals surface area contributed by atoms with E-state index in [4.69, 9.17) is 9.47 Å². The van der Waals surface area contributed by atoms with Crippen molar-refractivity contribution in [2.45, 2.75) is 19.4 Å². The van der Waals surface area contributed by atoms with Crippen molar-refractivity contribution in [1.82, 2.24) is 15.6 Å². The van der Waals surface area contributed by atoms with E-state index in [1.807, 2.05) is 43.5 Å². The van der Waals surface area contributed by atoms with Crippen LogP contribution in [-0.4, -0.2) is 44.3 Å². The van der Waals surface area contributed by atoms with Crippen molar-refractivity contribution in [3.8, 4) is 11.5 Å². The van der Waals surface area contributed by atoms with Crippen LogP contribution < -0.4 is 20.1 Å². The SMILES string of the molecule is CN=C(NCCc1cccnc1)NCC(C)Oc1cccc(OC)c1.I. The fourth-order valence-electron chi connectivity index (χ4n) is 2.28. The second-order valence-corrected chi connectivity index (χ2v) is 5.60. The summed E-state index contributed by atoms with van der Waals surface area (Å²) in [6, 6.07) is 11.6. The molecule has 1 aromatic carbocycles. The molecule has 0 spiro atoms. The van der Waals surface area contributed by atoms with Crippen LogP contribution in [0.3, 0.4) is 0 Å². The molecular weight excluding hydrogens is 443 g/mol. The summed E-state index contributed by atoms with van der Waals surface area (Å²) in [5.74, 6) is 2.32. The van der Waals surface area contributed by atoms with E-state index in [0.29, 0.717) is 6.54 Å². The van der Waals surface area contributed by atoms with Crippen molar-refractivity contribution in [3.63, 3.8) is 0 Å². The van der Waals surface area contributed by atoms with Gasteiger partial charge in [0.25, 0.3) is 0 Å². The molecule has 1 unspecified atom stereocenters. The van der Waals surface area contributed by atoms with E-state index in [1.165, 1.54) is 5.56 Å². The van der Waals surface area contributed by atoms with Crippen LogP contribution in [0.5, 0.6) is 11.5 Å². The van der Waals surface area contributed by atoms with Crippen LogP contribution in [-0.2, 0) is 6.42 Å². The highest BCUT2D eigenvalue weighted by molar-refractivity contribution is 14.0. The molecule has 1 aromatic heterocycles. The Hall–Kier alpha value is -2.03. The summed E-state index contributed by atoms with van der Waals surface area (Å²) >= 11 is 0. The molecule has 0 aliphatic rings. The lowest BCUT2D eigenvalue weighted by atomic mass is 10.2. The molecule has 1 atom stereocenters. The Kier molecular flexibility index (Phi) is 10.5. The van der Waals surface area contributed by atoms with Gasteiger partial charge >= 0.3 is 0 Å². The number of aliphatic imine (C=N–C) groups is 1. The minimum Gasteiger partial charge on any atom is -0.497 e. The number of hydrogen-bond donors (Lipinski definition) is 2. The van der Waals surface area contributed by atoms with Crippen LogP contribution in [0.2, 0.25) is 0 Å². The minimum atomic E-state index is -0.0102. The van der Waals surface area contributed by atoms with Gasteiger partial charge in [-0.1, -0.05) is 12.1 Å². The standard InChI is InChI=1S/C19H26N4O2.HI/c1-15(25-18-8-4-7-17(12-18)24-3)13-23-19(20-2)22-11-9-16-6-5-10-21-14-16;/h4-8,10,12,14-15H,9,11,13H2,1-3H3,(H2,20,22,23);1H. The van der Waals surface area contributed by atoms with Crippen LogP contribution in [0.4, 0.5) is 0 Å². The molecule has 26 heavy (non-hydrogen) atoms. The average molecular weight is 470 g/mol. The first kappa shape index (κ1) is 22.0. The first-order valence-corrected chi connectivity index (χ1v) is 8.35. The third kappa shape index (κ3) is 7.90. The largest absolute Gasteiger partial charge is 0.497 e. The maximum absolute atomic E-state index is 5.89. The fraction of sp³-hybridized carbons (Fsp3) is 0.368. The molecule has 0 amide bonds. The highest BCUT2D eigenvalue weighted by Gasteiger charge is 2.06. The number of ether oxygens (including phenoxy) is 2. The van der Waals surface area contributed by atoms with E-state index in [-0.39, 0.29) is 30.1 Å². The molecule has 0 bridgehead atoms. The molecule has 0 saturated heterocycles. The number of pyridine rings is 1. The summed E-state index contributed by atoms with van der Waals surface area (Å²) in [6.45, 7) is 3.44. The van der Waals surface area contributed by atoms with E-state index in [1.54, 1.807) is 20.4 Å². The van der Waals surface area contributed by atoms with Gasteiger partial charge in [0.15, 0.2) is 5.96 Å². The molecule has 7 heteroatoms. The van der Waals surface area contributed by atoms with Gasteiger partial charge in [0.2, 0.25) is 0 Å². The molecule has 2 N–H and O–H groups in total. The third-order valence-electron chi connectivity index (χ3n) is 3.59. The van der Waals surface area contributed by atoms with Crippen LogP contribution in [0, 0.1) is 0 Å². The van der Waals surface area contributed by atoms with Gasteiger partial charge in [-0.2, -0.15) is 0 Å². The summed E-state index contributed by atoms with van der Waals surface area (Å²) in [6.07, 6.45) is 4.54. The number of nitrogens with zero attached hydrogens (tertiary/aromatic N) is 2. The van der Waals surface area contributed by atoms with Gasteiger partial charge in [-0.15, -0.1) is 24.0 Å². The number of methoxy groups -OCH3 is 1. The van der Waals surface area contributed by atoms with Gasteiger partial charge in [0.1, 0.15) is 17.6 Å². The number of rotatable bonds is 8. The van der Waals surface area contributed by atoms with Gasteiger partial charge in [-0.25, -0.2) is 0 Å². The molecular formula is C19H27IN4O2. The monoisotopic (exact) mass is 470 g/mol. The third-order valence-corrected chi connectivity index (χ3v) is 3.59. The lowest BCUT2D eigenvalue weighted by Gasteiger charge is -2.18. The molecule has 1 heterocycles. The van der Waals surface area contributed by atoms with Crippen molar-refractivity contribution in [2.24, 2.45) is 4.99 Å². The topological polar surface area (TPSA) is 67.8 Å². The Morgan fingerprint density at radius 2 is 2.00 bits per heavy atom. The number of halogens is 1. The molecule has 2 rings (SSSR count). The quantitative estimate of drug-likeness (QED) is 0.353. The zero-order chi connectivity index (χ0) is 17.9. The lowest BCUT2D eigenvalue weighted by Crippen LogP contribution is -2.42. The maximum atomic E-state index is 5.89. The normalized spacial score (nSPS) is 11.9. The van der Waals surface area contributed by atoms with Gasteiger partial charge in [0, 0.05) is 32.1 Å². The predicted molar refractivity (Wildman–Crippen MR) is 116 cm³/mol. The van der Waals surface area contributed by atoms with Crippen LogP contribution in [0.25, 0.3) is 0 Å². The Balaban J connectivity index is 0.00000338. The van der Waals surface area contributed by atoms with E-state index in [9.17, 15) is 0 Å². The second kappa shape index (κ2) is 12.3. The van der Waals surface area contributed by atoms with Crippen molar-refractivity contribution < 1.29 is 9.47 Å². The van der Waals surface area contributed by atoms with Crippen molar-refractivity contribution in [2.75, 3.05) is 27.2 Å². The molecule has 6 nitrogen and oxygen atoms in total. The van der Waals surface area contributed by atoms with Gasteiger partial charge < -0.3 is 20.1 Å². The smallest absolute Gasteiger partial charge is 0.191 e. The highest BCUT2D eigenvalue weighted by Crippen LogP contribution is 2.19. The number of benzene rings is 1. The summed E-state index contributed by atoms with van der Waals surface area (Å²) in [4.78, 5) is 8.34. The second-order valence-electron chi connectivity index (χ2n) is 5.60. The number of nitrogens with one attached hydrogen (secondary N) is 2. The Morgan fingerprint density at radius 3 is 2.69 bits per heavy atom. The molecule has 0 aliphatic heterocycles. The van der Waals surface area contributed by atoms with Crippen LogP contribution >= 0.6 is 24.0 Å². The molecule has 142 valence electrons. The van der Waals surface area contributed by atoms with Crippen LogP contribution in [0.15, 0.2) is 53.8 Å². The zero-order valence-corrected chi connectivity index (χ0v) is 17.8. The maximum Gasteiger partial charge on any atom is 0.191 e. The highest BCUT2D eigenvalue weighted by atomic mass is 127. The zero-order valence-electron chi connectivity index (χ0n) is 15.4. The minimum absolute atomic E-state index is 0. The summed E-state index contributed by atoms with van der Waals surface area (Å²) in [5, 5.41) is 6.56. The van der Waals surface area contributed by atoms with Crippen molar-refractivity contribution in [1.29, 1.82) is 0 Å². The molecule has 0 saturated carbocycles. The van der Waals surface area contributed by atoms with E-state index in [2.05, 4.69) is 26.7 Å². The molecule has 0 fully saturated rings.